The van der Waals surface area contributed by atoms with Crippen molar-refractivity contribution in [3.63, 3.8) is 0 Å². The van der Waals surface area contributed by atoms with Crippen molar-refractivity contribution in [3.05, 3.63) is 29.8 Å². The molecule has 0 aliphatic heterocycles. The summed E-state index contributed by atoms with van der Waals surface area (Å²) in [6.07, 6.45) is -0.698. The van der Waals surface area contributed by atoms with Gasteiger partial charge in [0, 0.05) is 0 Å². The molecular formula is C12H13NO6. The van der Waals surface area contributed by atoms with E-state index in [-0.39, 0.29) is 11.3 Å². The molecule has 1 amide bonds. The van der Waals surface area contributed by atoms with Crippen molar-refractivity contribution in [1.82, 2.24) is 5.32 Å². The lowest BCUT2D eigenvalue weighted by molar-refractivity contribution is -0.145. The van der Waals surface area contributed by atoms with Gasteiger partial charge >= 0.3 is 11.9 Å². The third-order valence-corrected chi connectivity index (χ3v) is 2.33. The van der Waals surface area contributed by atoms with Gasteiger partial charge in [-0.15, -0.1) is 0 Å². The van der Waals surface area contributed by atoms with E-state index in [9.17, 15) is 14.4 Å². The highest BCUT2D eigenvalue weighted by molar-refractivity contribution is 5.99. The second-order valence-corrected chi connectivity index (χ2v) is 3.66. The Balaban J connectivity index is 2.87. The predicted molar refractivity (Wildman–Crippen MR) is 64.1 cm³/mol. The second kappa shape index (κ2) is 6.39. The summed E-state index contributed by atoms with van der Waals surface area (Å²) < 4.78 is 4.97. The lowest BCUT2D eigenvalue weighted by atomic mass is 10.1. The van der Waals surface area contributed by atoms with Crippen LogP contribution in [0.3, 0.4) is 0 Å². The molecule has 0 aromatic heterocycles. The van der Waals surface area contributed by atoms with Crippen LogP contribution in [-0.2, 0) is 9.59 Å². The van der Waals surface area contributed by atoms with E-state index >= 15 is 0 Å². The number of para-hydroxylation sites is 1. The molecule has 0 saturated heterocycles. The number of carbonyl (C=O) groups is 3. The van der Waals surface area contributed by atoms with Crippen LogP contribution in [0.15, 0.2) is 24.3 Å². The summed E-state index contributed by atoms with van der Waals surface area (Å²) in [5, 5.41) is 19.6. The van der Waals surface area contributed by atoms with Crippen molar-refractivity contribution < 1.29 is 29.3 Å². The first-order chi connectivity index (χ1) is 8.95. The van der Waals surface area contributed by atoms with Gasteiger partial charge in [0.25, 0.3) is 5.91 Å². The van der Waals surface area contributed by atoms with Gasteiger partial charge in [-0.3, -0.25) is 9.59 Å². The molecule has 0 heterocycles. The molecule has 0 unspecified atom stereocenters. The first-order valence-corrected chi connectivity index (χ1v) is 5.34. The van der Waals surface area contributed by atoms with Crippen molar-refractivity contribution in [2.24, 2.45) is 0 Å². The summed E-state index contributed by atoms with van der Waals surface area (Å²) in [6.45, 7) is 0. The number of rotatable bonds is 6. The average molecular weight is 267 g/mol. The van der Waals surface area contributed by atoms with Gasteiger partial charge in [0.15, 0.2) is 0 Å². The first kappa shape index (κ1) is 14.5. The largest absolute Gasteiger partial charge is 0.496 e. The summed E-state index contributed by atoms with van der Waals surface area (Å²) in [5.74, 6) is -3.15. The SMILES string of the molecule is COc1ccccc1C(=O)N[C@@H](CC(=O)O)C(=O)O. The van der Waals surface area contributed by atoms with Gasteiger partial charge in [0.05, 0.1) is 19.1 Å². The van der Waals surface area contributed by atoms with Gasteiger partial charge in [-0.05, 0) is 12.1 Å². The van der Waals surface area contributed by atoms with Crippen LogP contribution in [0.2, 0.25) is 0 Å². The molecule has 0 bridgehead atoms. The quantitative estimate of drug-likeness (QED) is 0.685. The van der Waals surface area contributed by atoms with Crippen molar-refractivity contribution >= 4 is 17.8 Å². The number of methoxy groups -OCH3 is 1. The number of carbonyl (C=O) groups excluding carboxylic acids is 1. The van der Waals surface area contributed by atoms with E-state index < -0.39 is 30.3 Å². The normalized spacial score (nSPS) is 11.4. The molecule has 0 aliphatic carbocycles. The molecule has 0 radical (unpaired) electrons. The van der Waals surface area contributed by atoms with E-state index in [0.29, 0.717) is 0 Å². The zero-order valence-electron chi connectivity index (χ0n) is 10.1. The van der Waals surface area contributed by atoms with E-state index in [4.69, 9.17) is 14.9 Å². The van der Waals surface area contributed by atoms with Crippen LogP contribution in [0.5, 0.6) is 5.75 Å². The van der Waals surface area contributed by atoms with Crippen molar-refractivity contribution in [1.29, 1.82) is 0 Å². The molecule has 3 N–H and O–H groups in total. The lowest BCUT2D eigenvalue weighted by Crippen LogP contribution is -2.42. The lowest BCUT2D eigenvalue weighted by Gasteiger charge is -2.13. The van der Waals surface area contributed by atoms with Crippen LogP contribution in [0.1, 0.15) is 16.8 Å². The Labute approximate surface area is 108 Å². The zero-order chi connectivity index (χ0) is 14.4. The second-order valence-electron chi connectivity index (χ2n) is 3.66. The summed E-state index contributed by atoms with van der Waals surface area (Å²) >= 11 is 0. The van der Waals surface area contributed by atoms with Gasteiger partial charge in [-0.25, -0.2) is 4.79 Å². The molecular weight excluding hydrogens is 254 g/mol. The van der Waals surface area contributed by atoms with Crippen LogP contribution in [-0.4, -0.2) is 41.2 Å². The topological polar surface area (TPSA) is 113 Å². The number of aliphatic carboxylic acids is 2. The highest BCUT2D eigenvalue weighted by Gasteiger charge is 2.24. The molecule has 7 heteroatoms. The van der Waals surface area contributed by atoms with Gasteiger partial charge in [0.2, 0.25) is 0 Å². The molecule has 19 heavy (non-hydrogen) atoms. The van der Waals surface area contributed by atoms with E-state index in [0.717, 1.165) is 0 Å². The van der Waals surface area contributed by atoms with Gasteiger partial charge in [0.1, 0.15) is 11.8 Å². The fourth-order valence-electron chi connectivity index (χ4n) is 1.44. The maximum atomic E-state index is 11.9. The molecule has 0 aliphatic rings. The molecule has 7 nitrogen and oxygen atoms in total. The fourth-order valence-corrected chi connectivity index (χ4v) is 1.44. The summed E-state index contributed by atoms with van der Waals surface area (Å²) in [7, 11) is 1.37. The monoisotopic (exact) mass is 267 g/mol. The molecule has 1 rings (SSSR count). The van der Waals surface area contributed by atoms with Crippen LogP contribution in [0.25, 0.3) is 0 Å². The molecule has 0 saturated carbocycles. The summed E-state index contributed by atoms with van der Waals surface area (Å²) in [6, 6.07) is 4.75. The fraction of sp³-hybridized carbons (Fsp3) is 0.250. The number of benzene rings is 1. The zero-order valence-corrected chi connectivity index (χ0v) is 10.1. The minimum absolute atomic E-state index is 0.140. The number of carboxylic acid groups (broad SMARTS) is 2. The molecule has 1 atom stereocenters. The predicted octanol–water partition coefficient (Wildman–Crippen LogP) is 0.353. The van der Waals surface area contributed by atoms with E-state index in [2.05, 4.69) is 5.32 Å². The van der Waals surface area contributed by atoms with Crippen LogP contribution >= 0.6 is 0 Å². The van der Waals surface area contributed by atoms with Gasteiger partial charge in [-0.1, -0.05) is 12.1 Å². The maximum Gasteiger partial charge on any atom is 0.326 e. The van der Waals surface area contributed by atoms with Crippen molar-refractivity contribution in [2.75, 3.05) is 7.11 Å². The molecule has 102 valence electrons. The van der Waals surface area contributed by atoms with Gasteiger partial charge in [-0.2, -0.15) is 0 Å². The summed E-state index contributed by atoms with van der Waals surface area (Å²) in [4.78, 5) is 33.2. The van der Waals surface area contributed by atoms with Crippen molar-refractivity contribution in [2.45, 2.75) is 12.5 Å². The Morgan fingerprint density at radius 1 is 1.26 bits per heavy atom. The Morgan fingerprint density at radius 3 is 2.42 bits per heavy atom. The Bertz CT molecular complexity index is 499. The number of hydrogen-bond donors (Lipinski definition) is 3. The molecule has 1 aromatic carbocycles. The minimum atomic E-state index is -1.49. The third kappa shape index (κ3) is 3.98. The van der Waals surface area contributed by atoms with E-state index in [1.165, 1.54) is 13.2 Å². The summed E-state index contributed by atoms with van der Waals surface area (Å²) in [5.41, 5.74) is 0.140. The third-order valence-electron chi connectivity index (χ3n) is 2.33. The first-order valence-electron chi connectivity index (χ1n) is 5.34. The number of hydrogen-bond acceptors (Lipinski definition) is 4. The minimum Gasteiger partial charge on any atom is -0.496 e. The highest BCUT2D eigenvalue weighted by Crippen LogP contribution is 2.17. The number of ether oxygens (including phenoxy) is 1. The Hall–Kier alpha value is -2.57. The number of amides is 1. The van der Waals surface area contributed by atoms with Crippen molar-refractivity contribution in [3.8, 4) is 5.75 Å². The standard InChI is InChI=1S/C12H13NO6/c1-19-9-5-3-2-4-7(9)11(16)13-8(12(17)18)6-10(14)15/h2-5,8H,6H2,1H3,(H,13,16)(H,14,15)(H,17,18)/t8-/m0/s1. The molecule has 0 fully saturated rings. The van der Waals surface area contributed by atoms with Crippen LogP contribution in [0, 0.1) is 0 Å². The average Bonchev–Trinajstić information content (AvgIpc) is 2.37. The maximum absolute atomic E-state index is 11.9. The highest BCUT2D eigenvalue weighted by atomic mass is 16.5. The molecule has 0 spiro atoms. The van der Waals surface area contributed by atoms with Crippen LogP contribution in [0.4, 0.5) is 0 Å². The van der Waals surface area contributed by atoms with Gasteiger partial charge < -0.3 is 20.3 Å². The van der Waals surface area contributed by atoms with E-state index in [1.807, 2.05) is 0 Å². The smallest absolute Gasteiger partial charge is 0.326 e. The number of carboxylic acids is 2. The Morgan fingerprint density at radius 2 is 1.89 bits per heavy atom. The molecule has 1 aromatic rings. The number of nitrogens with one attached hydrogen (secondary N) is 1. The van der Waals surface area contributed by atoms with E-state index in [1.54, 1.807) is 18.2 Å². The van der Waals surface area contributed by atoms with Crippen LogP contribution < -0.4 is 10.1 Å². The Kier molecular flexibility index (Phi) is 4.87.